The van der Waals surface area contributed by atoms with Gasteiger partial charge in [0.25, 0.3) is 0 Å². The van der Waals surface area contributed by atoms with E-state index in [2.05, 4.69) is 15.9 Å². The number of aliphatic hydroxyl groups excluding tert-OH is 1. The van der Waals surface area contributed by atoms with Crippen molar-refractivity contribution in [2.24, 2.45) is 0 Å². The summed E-state index contributed by atoms with van der Waals surface area (Å²) in [5.74, 6) is 0.786. The molecule has 112 valence electrons. The Morgan fingerprint density at radius 3 is 2.67 bits per heavy atom. The predicted molar refractivity (Wildman–Crippen MR) is 82.1 cm³/mol. The molecule has 0 aliphatic heterocycles. The maximum atomic E-state index is 13.2. The zero-order valence-electron chi connectivity index (χ0n) is 11.8. The Bertz CT molecular complexity index is 629. The molecule has 21 heavy (non-hydrogen) atoms. The van der Waals surface area contributed by atoms with E-state index in [1.165, 1.54) is 18.2 Å². The number of hydrogen-bond acceptors (Lipinski definition) is 3. The van der Waals surface area contributed by atoms with Gasteiger partial charge in [-0.05, 0) is 43.3 Å². The first-order chi connectivity index (χ1) is 10.0. The van der Waals surface area contributed by atoms with Gasteiger partial charge in [-0.2, -0.15) is 0 Å². The SMILES string of the molecule is COc1ccc(Br)c(COc2ccc(F)cc2[C@H](C)O)c1. The Morgan fingerprint density at radius 2 is 2.00 bits per heavy atom. The summed E-state index contributed by atoms with van der Waals surface area (Å²) in [4.78, 5) is 0. The molecule has 5 heteroatoms. The molecule has 0 saturated carbocycles. The maximum Gasteiger partial charge on any atom is 0.125 e. The molecule has 2 aromatic rings. The van der Waals surface area contributed by atoms with Crippen LogP contribution in [-0.4, -0.2) is 12.2 Å². The lowest BCUT2D eigenvalue weighted by atomic mass is 10.1. The number of benzene rings is 2. The lowest BCUT2D eigenvalue weighted by Crippen LogP contribution is -2.02. The smallest absolute Gasteiger partial charge is 0.125 e. The van der Waals surface area contributed by atoms with Gasteiger partial charge in [-0.25, -0.2) is 4.39 Å². The summed E-state index contributed by atoms with van der Waals surface area (Å²) in [6, 6.07) is 9.67. The van der Waals surface area contributed by atoms with E-state index in [-0.39, 0.29) is 6.61 Å². The fourth-order valence-corrected chi connectivity index (χ4v) is 2.28. The third-order valence-electron chi connectivity index (χ3n) is 3.06. The van der Waals surface area contributed by atoms with Gasteiger partial charge in [-0.3, -0.25) is 0 Å². The Morgan fingerprint density at radius 1 is 1.24 bits per heavy atom. The molecule has 0 radical (unpaired) electrons. The van der Waals surface area contributed by atoms with Crippen LogP contribution in [0.4, 0.5) is 4.39 Å². The van der Waals surface area contributed by atoms with Gasteiger partial charge in [0, 0.05) is 15.6 Å². The van der Waals surface area contributed by atoms with Gasteiger partial charge in [0.05, 0.1) is 13.2 Å². The van der Waals surface area contributed by atoms with Crippen LogP contribution in [0.15, 0.2) is 40.9 Å². The molecule has 2 aromatic carbocycles. The maximum absolute atomic E-state index is 13.2. The summed E-state index contributed by atoms with van der Waals surface area (Å²) in [5, 5.41) is 9.69. The quantitative estimate of drug-likeness (QED) is 0.873. The molecular formula is C16H16BrFO3. The minimum absolute atomic E-state index is 0.281. The molecule has 0 unspecified atom stereocenters. The van der Waals surface area contributed by atoms with E-state index < -0.39 is 11.9 Å². The Labute approximate surface area is 131 Å². The first-order valence-corrected chi connectivity index (χ1v) is 7.23. The molecule has 0 amide bonds. The second-order valence-corrected chi connectivity index (χ2v) is 5.46. The number of hydrogen-bond donors (Lipinski definition) is 1. The highest BCUT2D eigenvalue weighted by atomic mass is 79.9. The van der Waals surface area contributed by atoms with E-state index in [0.29, 0.717) is 11.3 Å². The first-order valence-electron chi connectivity index (χ1n) is 6.44. The molecule has 0 fully saturated rings. The van der Waals surface area contributed by atoms with Crippen molar-refractivity contribution in [3.63, 3.8) is 0 Å². The van der Waals surface area contributed by atoms with Gasteiger partial charge in [-0.1, -0.05) is 15.9 Å². The van der Waals surface area contributed by atoms with E-state index in [1.807, 2.05) is 18.2 Å². The van der Waals surface area contributed by atoms with Crippen molar-refractivity contribution in [3.05, 3.63) is 57.8 Å². The molecular weight excluding hydrogens is 339 g/mol. The predicted octanol–water partition coefficient (Wildman–Crippen LogP) is 4.23. The third-order valence-corrected chi connectivity index (χ3v) is 3.83. The molecule has 1 atom stereocenters. The zero-order valence-corrected chi connectivity index (χ0v) is 13.4. The van der Waals surface area contributed by atoms with E-state index in [0.717, 1.165) is 15.8 Å². The molecule has 0 spiro atoms. The van der Waals surface area contributed by atoms with Gasteiger partial charge < -0.3 is 14.6 Å². The topological polar surface area (TPSA) is 38.7 Å². The molecule has 0 aliphatic carbocycles. The van der Waals surface area contributed by atoms with Crippen LogP contribution in [0.2, 0.25) is 0 Å². The molecule has 0 bridgehead atoms. The van der Waals surface area contributed by atoms with Gasteiger partial charge in [0.1, 0.15) is 23.9 Å². The Kier molecular flexibility index (Phi) is 5.20. The van der Waals surface area contributed by atoms with Crippen LogP contribution in [0.5, 0.6) is 11.5 Å². The molecule has 1 N–H and O–H groups in total. The Hall–Kier alpha value is -1.59. The average molecular weight is 355 g/mol. The van der Waals surface area contributed by atoms with Crippen LogP contribution in [0.1, 0.15) is 24.2 Å². The highest BCUT2D eigenvalue weighted by molar-refractivity contribution is 9.10. The summed E-state index contributed by atoms with van der Waals surface area (Å²) in [6.45, 7) is 1.85. The summed E-state index contributed by atoms with van der Waals surface area (Å²) in [7, 11) is 1.60. The molecule has 0 saturated heterocycles. The zero-order chi connectivity index (χ0) is 15.4. The second-order valence-electron chi connectivity index (χ2n) is 4.60. The summed E-state index contributed by atoms with van der Waals surface area (Å²) in [6.07, 6.45) is -0.801. The lowest BCUT2D eigenvalue weighted by Gasteiger charge is -2.14. The van der Waals surface area contributed by atoms with Crippen molar-refractivity contribution in [3.8, 4) is 11.5 Å². The highest BCUT2D eigenvalue weighted by Crippen LogP contribution is 2.28. The molecule has 0 aromatic heterocycles. The molecule has 2 rings (SSSR count). The van der Waals surface area contributed by atoms with Crippen LogP contribution in [-0.2, 0) is 6.61 Å². The van der Waals surface area contributed by atoms with Crippen LogP contribution in [0.25, 0.3) is 0 Å². The minimum atomic E-state index is -0.801. The van der Waals surface area contributed by atoms with Crippen molar-refractivity contribution < 1.29 is 19.0 Å². The lowest BCUT2D eigenvalue weighted by molar-refractivity contribution is 0.189. The van der Waals surface area contributed by atoms with Crippen LogP contribution < -0.4 is 9.47 Å². The standard InChI is InChI=1S/C16H16BrFO3/c1-10(19)14-8-12(18)3-6-16(14)21-9-11-7-13(20-2)4-5-15(11)17/h3-8,10,19H,9H2,1-2H3/t10-/m0/s1. The second kappa shape index (κ2) is 6.91. The third kappa shape index (κ3) is 3.95. The Balaban J connectivity index is 2.20. The van der Waals surface area contributed by atoms with E-state index in [4.69, 9.17) is 9.47 Å². The number of ether oxygens (including phenoxy) is 2. The van der Waals surface area contributed by atoms with Crippen molar-refractivity contribution in [1.82, 2.24) is 0 Å². The van der Waals surface area contributed by atoms with E-state index in [9.17, 15) is 9.50 Å². The molecule has 0 aliphatic rings. The number of rotatable bonds is 5. The number of halogens is 2. The first kappa shape index (κ1) is 15.8. The van der Waals surface area contributed by atoms with Crippen LogP contribution >= 0.6 is 15.9 Å². The monoisotopic (exact) mass is 354 g/mol. The van der Waals surface area contributed by atoms with Crippen LogP contribution in [0.3, 0.4) is 0 Å². The summed E-state index contributed by atoms with van der Waals surface area (Å²) < 4.78 is 25.0. The molecule has 3 nitrogen and oxygen atoms in total. The largest absolute Gasteiger partial charge is 0.497 e. The van der Waals surface area contributed by atoms with E-state index in [1.54, 1.807) is 14.0 Å². The minimum Gasteiger partial charge on any atom is -0.497 e. The fourth-order valence-electron chi connectivity index (χ4n) is 1.92. The van der Waals surface area contributed by atoms with Gasteiger partial charge in [0.2, 0.25) is 0 Å². The van der Waals surface area contributed by atoms with Crippen LogP contribution in [0, 0.1) is 5.82 Å². The summed E-state index contributed by atoms with van der Waals surface area (Å²) >= 11 is 3.45. The van der Waals surface area contributed by atoms with Crippen molar-refractivity contribution in [2.45, 2.75) is 19.6 Å². The van der Waals surface area contributed by atoms with Gasteiger partial charge in [-0.15, -0.1) is 0 Å². The fraction of sp³-hybridized carbons (Fsp3) is 0.250. The van der Waals surface area contributed by atoms with Crippen molar-refractivity contribution in [2.75, 3.05) is 7.11 Å². The summed E-state index contributed by atoms with van der Waals surface area (Å²) in [5.41, 5.74) is 1.32. The van der Waals surface area contributed by atoms with Gasteiger partial charge in [0.15, 0.2) is 0 Å². The normalized spacial score (nSPS) is 12.0. The van der Waals surface area contributed by atoms with Crippen molar-refractivity contribution in [1.29, 1.82) is 0 Å². The van der Waals surface area contributed by atoms with Crippen molar-refractivity contribution >= 4 is 15.9 Å². The number of methoxy groups -OCH3 is 1. The molecule has 0 heterocycles. The average Bonchev–Trinajstić information content (AvgIpc) is 2.47. The van der Waals surface area contributed by atoms with Gasteiger partial charge >= 0.3 is 0 Å². The highest BCUT2D eigenvalue weighted by Gasteiger charge is 2.11. The van der Waals surface area contributed by atoms with E-state index >= 15 is 0 Å². The number of aliphatic hydroxyl groups is 1.